The topological polar surface area (TPSA) is 73.2 Å². The number of nitrogens with zero attached hydrogens (tertiary/aromatic N) is 1. The van der Waals surface area contributed by atoms with Gasteiger partial charge < -0.3 is 28.8 Å². The Morgan fingerprint density at radius 3 is 2.57 bits per heavy atom. The fraction of sp³-hybridized carbons (Fsp3) is 0.179. The van der Waals surface area contributed by atoms with Crippen LogP contribution in [-0.2, 0) is 13.2 Å². The van der Waals surface area contributed by atoms with Crippen LogP contribution in [0.2, 0.25) is 0 Å². The summed E-state index contributed by atoms with van der Waals surface area (Å²) in [5.41, 5.74) is 3.19. The number of rotatable bonds is 8. The van der Waals surface area contributed by atoms with Gasteiger partial charge in [0.1, 0.15) is 35.8 Å². The molecule has 178 valence electrons. The fourth-order valence-corrected chi connectivity index (χ4v) is 4.22. The highest BCUT2D eigenvalue weighted by atomic mass is 16.5. The van der Waals surface area contributed by atoms with E-state index in [9.17, 15) is 4.79 Å². The predicted molar refractivity (Wildman–Crippen MR) is 132 cm³/mol. The summed E-state index contributed by atoms with van der Waals surface area (Å²) in [5, 5.41) is 3.53. The smallest absolute Gasteiger partial charge is 0.258 e. The lowest BCUT2D eigenvalue weighted by atomic mass is 10.0. The van der Waals surface area contributed by atoms with E-state index in [1.54, 1.807) is 25.4 Å². The minimum Gasteiger partial charge on any atom is -0.497 e. The SMILES string of the molecule is COc1cccc(OCc2cc([C@@H]3Nc4ccccc4C(=O)N3Cc3ccco3)ccc2OC)c1. The van der Waals surface area contributed by atoms with Gasteiger partial charge in [0, 0.05) is 17.3 Å². The predicted octanol–water partition coefficient (Wildman–Crippen LogP) is 5.64. The molecule has 1 atom stereocenters. The second kappa shape index (κ2) is 9.85. The fourth-order valence-electron chi connectivity index (χ4n) is 4.22. The van der Waals surface area contributed by atoms with E-state index in [1.165, 1.54) is 0 Å². The van der Waals surface area contributed by atoms with Crippen molar-refractivity contribution in [2.45, 2.75) is 19.3 Å². The van der Waals surface area contributed by atoms with Crippen molar-refractivity contribution in [2.24, 2.45) is 0 Å². The number of methoxy groups -OCH3 is 2. The molecule has 1 N–H and O–H groups in total. The van der Waals surface area contributed by atoms with Gasteiger partial charge in [0.25, 0.3) is 5.91 Å². The molecule has 0 fully saturated rings. The van der Waals surface area contributed by atoms with Crippen LogP contribution in [-0.4, -0.2) is 25.0 Å². The molecular weight excluding hydrogens is 444 g/mol. The van der Waals surface area contributed by atoms with E-state index in [0.717, 1.165) is 22.6 Å². The Morgan fingerprint density at radius 1 is 0.914 bits per heavy atom. The van der Waals surface area contributed by atoms with Crippen LogP contribution in [0.25, 0.3) is 0 Å². The molecule has 0 saturated heterocycles. The van der Waals surface area contributed by atoms with Crippen LogP contribution >= 0.6 is 0 Å². The average molecular weight is 471 g/mol. The van der Waals surface area contributed by atoms with Gasteiger partial charge in [-0.15, -0.1) is 0 Å². The van der Waals surface area contributed by atoms with Crippen molar-refractivity contribution >= 4 is 11.6 Å². The monoisotopic (exact) mass is 470 g/mol. The molecule has 35 heavy (non-hydrogen) atoms. The Balaban J connectivity index is 1.47. The third-order valence-electron chi connectivity index (χ3n) is 5.98. The summed E-state index contributed by atoms with van der Waals surface area (Å²) in [6.45, 7) is 0.624. The first-order valence-electron chi connectivity index (χ1n) is 11.3. The summed E-state index contributed by atoms with van der Waals surface area (Å²) < 4.78 is 22.5. The molecule has 0 unspecified atom stereocenters. The normalized spacial score (nSPS) is 14.7. The minimum atomic E-state index is -0.399. The Bertz CT molecular complexity index is 1320. The molecule has 0 spiro atoms. The number of benzene rings is 3. The summed E-state index contributed by atoms with van der Waals surface area (Å²) in [5.74, 6) is 2.76. The van der Waals surface area contributed by atoms with Gasteiger partial charge in [0.15, 0.2) is 0 Å². The highest BCUT2D eigenvalue weighted by Gasteiger charge is 2.33. The van der Waals surface area contributed by atoms with Gasteiger partial charge in [-0.1, -0.05) is 24.3 Å². The van der Waals surface area contributed by atoms with Gasteiger partial charge in [0.05, 0.1) is 32.6 Å². The molecule has 4 aromatic rings. The number of hydrogen-bond donors (Lipinski definition) is 1. The molecule has 7 nitrogen and oxygen atoms in total. The Morgan fingerprint density at radius 2 is 1.77 bits per heavy atom. The maximum Gasteiger partial charge on any atom is 0.258 e. The molecule has 1 aliphatic heterocycles. The van der Waals surface area contributed by atoms with E-state index in [4.69, 9.17) is 18.6 Å². The number of carbonyl (C=O) groups excluding carboxylic acids is 1. The van der Waals surface area contributed by atoms with Crippen molar-refractivity contribution in [3.05, 3.63) is 108 Å². The first-order valence-corrected chi connectivity index (χ1v) is 11.3. The Hall–Kier alpha value is -4.39. The highest BCUT2D eigenvalue weighted by molar-refractivity contribution is 6.01. The minimum absolute atomic E-state index is 0.0641. The number of ether oxygens (including phenoxy) is 3. The zero-order valence-corrected chi connectivity index (χ0v) is 19.6. The lowest BCUT2D eigenvalue weighted by Gasteiger charge is -2.38. The first kappa shape index (κ1) is 22.4. The molecule has 0 radical (unpaired) electrons. The van der Waals surface area contributed by atoms with Gasteiger partial charge in [-0.2, -0.15) is 0 Å². The van der Waals surface area contributed by atoms with Crippen LogP contribution < -0.4 is 19.5 Å². The molecule has 3 aromatic carbocycles. The van der Waals surface area contributed by atoms with Crippen molar-refractivity contribution in [3.8, 4) is 17.2 Å². The average Bonchev–Trinajstić information content (AvgIpc) is 3.42. The largest absolute Gasteiger partial charge is 0.497 e. The van der Waals surface area contributed by atoms with Crippen LogP contribution in [0.3, 0.4) is 0 Å². The molecule has 5 rings (SSSR count). The van der Waals surface area contributed by atoms with Crippen LogP contribution in [0.1, 0.15) is 33.4 Å². The van der Waals surface area contributed by atoms with Gasteiger partial charge in [-0.05, 0) is 54.1 Å². The van der Waals surface area contributed by atoms with E-state index in [-0.39, 0.29) is 5.91 Å². The number of hydrogen-bond acceptors (Lipinski definition) is 6. The van der Waals surface area contributed by atoms with E-state index in [2.05, 4.69) is 5.32 Å². The van der Waals surface area contributed by atoms with Crippen molar-refractivity contribution in [2.75, 3.05) is 19.5 Å². The van der Waals surface area contributed by atoms with Gasteiger partial charge in [-0.25, -0.2) is 0 Å². The quantitative estimate of drug-likeness (QED) is 0.359. The molecule has 1 amide bonds. The molecule has 7 heteroatoms. The molecule has 1 aromatic heterocycles. The Labute approximate surface area is 203 Å². The van der Waals surface area contributed by atoms with E-state index in [0.29, 0.717) is 36.0 Å². The van der Waals surface area contributed by atoms with Gasteiger partial charge >= 0.3 is 0 Å². The summed E-state index contributed by atoms with van der Waals surface area (Å²) in [6, 6.07) is 24.5. The van der Waals surface area contributed by atoms with E-state index < -0.39 is 6.17 Å². The van der Waals surface area contributed by atoms with Crippen LogP contribution in [0, 0.1) is 0 Å². The zero-order chi connectivity index (χ0) is 24.2. The van der Waals surface area contributed by atoms with E-state index in [1.807, 2.05) is 78.9 Å². The second-order valence-corrected chi connectivity index (χ2v) is 8.14. The lowest BCUT2D eigenvalue weighted by molar-refractivity contribution is 0.0651. The highest BCUT2D eigenvalue weighted by Crippen LogP contribution is 2.36. The molecule has 0 bridgehead atoms. The Kier molecular flexibility index (Phi) is 6.30. The number of amides is 1. The van der Waals surface area contributed by atoms with Crippen LogP contribution in [0.15, 0.2) is 89.5 Å². The standard InChI is InChI=1S/C28H26N2O5/c1-32-21-7-5-8-22(16-21)35-18-20-15-19(12-13-26(20)33-2)27-29-25-11-4-3-10-24(25)28(31)30(27)17-23-9-6-14-34-23/h3-16,27,29H,17-18H2,1-2H3/t27-/m1/s1. The zero-order valence-electron chi connectivity index (χ0n) is 19.6. The molecular formula is C28H26N2O5. The summed E-state index contributed by atoms with van der Waals surface area (Å²) in [4.78, 5) is 15.3. The molecule has 1 aliphatic rings. The molecule has 0 aliphatic carbocycles. The van der Waals surface area contributed by atoms with E-state index >= 15 is 0 Å². The molecule has 0 saturated carbocycles. The van der Waals surface area contributed by atoms with Crippen molar-refractivity contribution < 1.29 is 23.4 Å². The van der Waals surface area contributed by atoms with Crippen molar-refractivity contribution in [1.29, 1.82) is 0 Å². The number of para-hydroxylation sites is 1. The maximum absolute atomic E-state index is 13.5. The van der Waals surface area contributed by atoms with Crippen molar-refractivity contribution in [1.82, 2.24) is 4.90 Å². The lowest BCUT2D eigenvalue weighted by Crippen LogP contribution is -2.42. The maximum atomic E-state index is 13.5. The number of carbonyl (C=O) groups is 1. The number of furan rings is 1. The first-order chi connectivity index (χ1) is 17.2. The van der Waals surface area contributed by atoms with Crippen LogP contribution in [0.4, 0.5) is 5.69 Å². The van der Waals surface area contributed by atoms with Crippen LogP contribution in [0.5, 0.6) is 17.2 Å². The third kappa shape index (κ3) is 4.66. The molecule has 2 heterocycles. The number of anilines is 1. The van der Waals surface area contributed by atoms with Crippen molar-refractivity contribution in [3.63, 3.8) is 0 Å². The summed E-state index contributed by atoms with van der Waals surface area (Å²) in [6.07, 6.45) is 1.21. The van der Waals surface area contributed by atoms with Gasteiger partial charge in [0.2, 0.25) is 0 Å². The summed E-state index contributed by atoms with van der Waals surface area (Å²) in [7, 11) is 3.25. The summed E-state index contributed by atoms with van der Waals surface area (Å²) >= 11 is 0. The number of fused-ring (bicyclic) bond motifs is 1. The number of nitrogens with one attached hydrogen (secondary N) is 1. The van der Waals surface area contributed by atoms with Gasteiger partial charge in [-0.3, -0.25) is 4.79 Å². The third-order valence-corrected chi connectivity index (χ3v) is 5.98. The second-order valence-electron chi connectivity index (χ2n) is 8.14.